The number of ether oxygens (including phenoxy) is 2. The van der Waals surface area contributed by atoms with Gasteiger partial charge in [-0.3, -0.25) is 9.59 Å². The molecule has 1 aliphatic rings. The van der Waals surface area contributed by atoms with Gasteiger partial charge < -0.3 is 35.4 Å². The molecular weight excluding hydrogens is 296 g/mol. The highest BCUT2D eigenvalue weighted by molar-refractivity contribution is 5.83. The first-order valence-electron chi connectivity index (χ1n) is 7.15. The molecule has 1 saturated heterocycles. The standard InChI is InChI=1S/C13H24N2O7/c1-7-10(18)11(19)12(20)13(22-7)21-6-5-15-9(17)4-3-8(16)14-2/h7,10-13,18-20H,3-6H2,1-2H3,(H,14,16)(H,15,17)/t7-,10+,11+,12-,13+/m0/s1. The SMILES string of the molecule is CNC(=O)CCC(=O)NCCO[C@@H]1O[C@@H](C)[C@@H](O)[C@@H](O)[C@@H]1O. The zero-order valence-corrected chi connectivity index (χ0v) is 12.7. The second kappa shape index (κ2) is 9.01. The molecule has 0 aromatic heterocycles. The van der Waals surface area contributed by atoms with Crippen LogP contribution in [0.3, 0.4) is 0 Å². The Bertz CT molecular complexity index is 379. The molecule has 1 fully saturated rings. The van der Waals surface area contributed by atoms with E-state index in [1.165, 1.54) is 7.05 Å². The van der Waals surface area contributed by atoms with E-state index < -0.39 is 30.7 Å². The summed E-state index contributed by atoms with van der Waals surface area (Å²) in [5, 5.41) is 33.8. The maximum atomic E-state index is 11.4. The molecule has 5 N–H and O–H groups in total. The van der Waals surface area contributed by atoms with Crippen LogP contribution in [0.4, 0.5) is 0 Å². The lowest BCUT2D eigenvalue weighted by molar-refractivity contribution is -0.292. The number of nitrogens with one attached hydrogen (secondary N) is 2. The van der Waals surface area contributed by atoms with E-state index in [0.29, 0.717) is 0 Å². The smallest absolute Gasteiger partial charge is 0.220 e. The number of carbonyl (C=O) groups is 2. The Kier molecular flexibility index (Phi) is 7.69. The zero-order chi connectivity index (χ0) is 16.7. The molecule has 128 valence electrons. The fourth-order valence-electron chi connectivity index (χ4n) is 1.96. The number of hydrogen-bond acceptors (Lipinski definition) is 7. The summed E-state index contributed by atoms with van der Waals surface area (Å²) in [5.41, 5.74) is 0. The minimum atomic E-state index is -1.37. The molecule has 0 bridgehead atoms. The van der Waals surface area contributed by atoms with Crippen molar-refractivity contribution in [2.24, 2.45) is 0 Å². The van der Waals surface area contributed by atoms with Gasteiger partial charge in [0.1, 0.15) is 18.3 Å². The van der Waals surface area contributed by atoms with Crippen LogP contribution in [0.2, 0.25) is 0 Å². The van der Waals surface area contributed by atoms with Crippen molar-refractivity contribution in [1.82, 2.24) is 10.6 Å². The van der Waals surface area contributed by atoms with Crippen LogP contribution < -0.4 is 10.6 Å². The van der Waals surface area contributed by atoms with Gasteiger partial charge in [0, 0.05) is 26.4 Å². The number of hydrogen-bond donors (Lipinski definition) is 5. The average Bonchev–Trinajstić information content (AvgIpc) is 2.51. The van der Waals surface area contributed by atoms with E-state index >= 15 is 0 Å². The molecule has 1 aliphatic heterocycles. The summed E-state index contributed by atoms with van der Waals surface area (Å²) < 4.78 is 10.5. The molecule has 0 unspecified atom stereocenters. The number of aliphatic hydroxyl groups excluding tert-OH is 3. The molecule has 9 nitrogen and oxygen atoms in total. The lowest BCUT2D eigenvalue weighted by Crippen LogP contribution is -2.57. The second-order valence-electron chi connectivity index (χ2n) is 5.08. The van der Waals surface area contributed by atoms with E-state index in [1.54, 1.807) is 6.92 Å². The Hall–Kier alpha value is -1.26. The van der Waals surface area contributed by atoms with E-state index in [4.69, 9.17) is 9.47 Å². The van der Waals surface area contributed by atoms with Gasteiger partial charge in [0.2, 0.25) is 11.8 Å². The van der Waals surface area contributed by atoms with E-state index in [9.17, 15) is 24.9 Å². The summed E-state index contributed by atoms with van der Waals surface area (Å²) in [7, 11) is 1.50. The monoisotopic (exact) mass is 320 g/mol. The minimum absolute atomic E-state index is 0.0585. The van der Waals surface area contributed by atoms with Crippen LogP contribution in [-0.4, -0.2) is 78.0 Å². The Labute approximate surface area is 128 Å². The van der Waals surface area contributed by atoms with E-state index in [-0.39, 0.29) is 37.8 Å². The molecule has 0 aliphatic carbocycles. The minimum Gasteiger partial charge on any atom is -0.388 e. The Morgan fingerprint density at radius 3 is 2.36 bits per heavy atom. The Balaban J connectivity index is 2.21. The van der Waals surface area contributed by atoms with Gasteiger partial charge in [0.05, 0.1) is 12.7 Å². The molecule has 0 radical (unpaired) electrons. The third kappa shape index (κ3) is 5.50. The van der Waals surface area contributed by atoms with Crippen molar-refractivity contribution in [3.05, 3.63) is 0 Å². The molecule has 0 aromatic rings. The first-order chi connectivity index (χ1) is 10.4. The Morgan fingerprint density at radius 1 is 1.09 bits per heavy atom. The summed E-state index contributed by atoms with van der Waals surface area (Å²) in [6.07, 6.45) is -5.47. The third-order valence-electron chi connectivity index (χ3n) is 3.37. The first-order valence-corrected chi connectivity index (χ1v) is 7.15. The predicted molar refractivity (Wildman–Crippen MR) is 74.6 cm³/mol. The van der Waals surface area contributed by atoms with E-state index in [2.05, 4.69) is 10.6 Å². The summed E-state index contributed by atoms with van der Waals surface area (Å²) in [5.74, 6) is -0.507. The predicted octanol–water partition coefficient (Wildman–Crippen LogP) is -2.53. The second-order valence-corrected chi connectivity index (χ2v) is 5.08. The number of amides is 2. The van der Waals surface area contributed by atoms with E-state index in [1.807, 2.05) is 0 Å². The maximum absolute atomic E-state index is 11.4. The van der Waals surface area contributed by atoms with Crippen LogP contribution in [0.5, 0.6) is 0 Å². The first kappa shape index (κ1) is 18.8. The third-order valence-corrected chi connectivity index (χ3v) is 3.37. The fraction of sp³-hybridized carbons (Fsp3) is 0.846. The maximum Gasteiger partial charge on any atom is 0.220 e. The lowest BCUT2D eigenvalue weighted by atomic mass is 10.0. The van der Waals surface area contributed by atoms with Crippen LogP contribution in [-0.2, 0) is 19.1 Å². The molecule has 1 heterocycles. The van der Waals surface area contributed by atoms with Crippen molar-refractivity contribution in [3.63, 3.8) is 0 Å². The largest absolute Gasteiger partial charge is 0.388 e. The molecule has 0 aromatic carbocycles. The average molecular weight is 320 g/mol. The van der Waals surface area contributed by atoms with Crippen molar-refractivity contribution >= 4 is 11.8 Å². The van der Waals surface area contributed by atoms with Crippen molar-refractivity contribution in [2.75, 3.05) is 20.2 Å². The molecule has 0 spiro atoms. The molecule has 22 heavy (non-hydrogen) atoms. The highest BCUT2D eigenvalue weighted by Gasteiger charge is 2.42. The van der Waals surface area contributed by atoms with Crippen molar-refractivity contribution in [3.8, 4) is 0 Å². The summed E-state index contributed by atoms with van der Waals surface area (Å²) in [6, 6.07) is 0. The van der Waals surface area contributed by atoms with E-state index in [0.717, 1.165) is 0 Å². The Morgan fingerprint density at radius 2 is 1.73 bits per heavy atom. The summed E-state index contributed by atoms with van der Waals surface area (Å²) >= 11 is 0. The van der Waals surface area contributed by atoms with Crippen molar-refractivity contribution in [1.29, 1.82) is 0 Å². The van der Waals surface area contributed by atoms with Gasteiger partial charge >= 0.3 is 0 Å². The van der Waals surface area contributed by atoms with Gasteiger partial charge in [-0.1, -0.05) is 0 Å². The van der Waals surface area contributed by atoms with Crippen molar-refractivity contribution < 1.29 is 34.4 Å². The van der Waals surface area contributed by atoms with Crippen LogP contribution in [0, 0.1) is 0 Å². The van der Waals surface area contributed by atoms with Gasteiger partial charge in [-0.05, 0) is 6.92 Å². The van der Waals surface area contributed by atoms with Gasteiger partial charge in [-0.25, -0.2) is 0 Å². The molecule has 1 rings (SSSR count). The summed E-state index contributed by atoms with van der Waals surface area (Å²) in [4.78, 5) is 22.4. The number of rotatable bonds is 7. The van der Waals surface area contributed by atoms with Crippen molar-refractivity contribution in [2.45, 2.75) is 50.5 Å². The van der Waals surface area contributed by atoms with Gasteiger partial charge in [0.25, 0.3) is 0 Å². The van der Waals surface area contributed by atoms with Gasteiger partial charge in [-0.15, -0.1) is 0 Å². The number of aliphatic hydroxyl groups is 3. The van der Waals surface area contributed by atoms with Crippen LogP contribution in [0.1, 0.15) is 19.8 Å². The fourth-order valence-corrected chi connectivity index (χ4v) is 1.96. The lowest BCUT2D eigenvalue weighted by Gasteiger charge is -2.38. The van der Waals surface area contributed by atoms with Crippen LogP contribution >= 0.6 is 0 Å². The molecule has 2 amide bonds. The summed E-state index contributed by atoms with van der Waals surface area (Å²) in [6.45, 7) is 1.78. The van der Waals surface area contributed by atoms with Crippen LogP contribution in [0.15, 0.2) is 0 Å². The molecule has 5 atom stereocenters. The quantitative estimate of drug-likeness (QED) is 0.326. The van der Waals surface area contributed by atoms with Gasteiger partial charge in [-0.2, -0.15) is 0 Å². The topological polar surface area (TPSA) is 137 Å². The highest BCUT2D eigenvalue weighted by Crippen LogP contribution is 2.21. The normalized spacial score (nSPS) is 31.6. The molecule has 9 heteroatoms. The van der Waals surface area contributed by atoms with Gasteiger partial charge in [0.15, 0.2) is 6.29 Å². The number of carbonyl (C=O) groups excluding carboxylic acids is 2. The highest BCUT2D eigenvalue weighted by atomic mass is 16.7. The molecular formula is C13H24N2O7. The van der Waals surface area contributed by atoms with Crippen LogP contribution in [0.25, 0.3) is 0 Å². The molecule has 0 saturated carbocycles. The zero-order valence-electron chi connectivity index (χ0n) is 12.7.